The lowest BCUT2D eigenvalue weighted by molar-refractivity contribution is -0.143. The predicted molar refractivity (Wildman–Crippen MR) is 139 cm³/mol. The van der Waals surface area contributed by atoms with Crippen LogP contribution in [-0.4, -0.2) is 28.3 Å². The molecule has 2 N–H and O–H groups in total. The number of alkyl carbamates (subject to hydrolysis) is 1. The van der Waals surface area contributed by atoms with Crippen molar-refractivity contribution in [2.24, 2.45) is 5.92 Å². The van der Waals surface area contributed by atoms with Crippen LogP contribution in [-0.2, 0) is 16.1 Å². The van der Waals surface area contributed by atoms with E-state index in [1.807, 2.05) is 62.4 Å². The van der Waals surface area contributed by atoms with Gasteiger partial charge >= 0.3 is 12.1 Å². The molecular formula is C27H29ClN2O5S. The highest BCUT2D eigenvalue weighted by atomic mass is 35.5. The number of carbonyl (C=O) groups excluding carboxylic acids is 1. The summed E-state index contributed by atoms with van der Waals surface area (Å²) < 4.78 is 12.2. The van der Waals surface area contributed by atoms with Crippen molar-refractivity contribution in [1.82, 2.24) is 10.3 Å². The number of pyridine rings is 1. The standard InChI is InChI=1S/C27H29ClN2O5S/c1-16-23(35-21-10-6-9-19(13-21)26(31)32)12-11-22(30-16)25-20(14-24(28)36-25)15-29-27(33)34-17(2)18-7-4-3-5-8-18/h3-5,7-8,11-12,14,17,19,21H,6,9-10,13,15H2,1-2H3,(H,29,33)(H,31,32)/t17-,19-,21-/m0/s1. The topological polar surface area (TPSA) is 97.8 Å². The highest BCUT2D eigenvalue weighted by molar-refractivity contribution is 7.19. The van der Waals surface area contributed by atoms with Crippen molar-refractivity contribution in [3.8, 4) is 16.3 Å². The van der Waals surface area contributed by atoms with Gasteiger partial charge in [0.05, 0.1) is 32.6 Å². The van der Waals surface area contributed by atoms with Gasteiger partial charge in [0, 0.05) is 6.54 Å². The van der Waals surface area contributed by atoms with E-state index >= 15 is 0 Å². The average molecular weight is 529 g/mol. The molecule has 0 spiro atoms. The SMILES string of the molecule is Cc1nc(-c2sc(Cl)cc2CNC(=O)O[C@@H](C)c2ccccc2)ccc1O[C@H]1CCC[C@H](C(=O)O)C1. The molecule has 1 amide bonds. The Morgan fingerprint density at radius 3 is 2.72 bits per heavy atom. The molecule has 2 aromatic heterocycles. The molecule has 1 saturated carbocycles. The van der Waals surface area contributed by atoms with Gasteiger partial charge in [0.15, 0.2) is 0 Å². The van der Waals surface area contributed by atoms with E-state index in [2.05, 4.69) is 5.32 Å². The third kappa shape index (κ3) is 6.56. The number of aliphatic carboxylic acids is 1. The molecule has 0 radical (unpaired) electrons. The molecule has 1 aliphatic rings. The van der Waals surface area contributed by atoms with Crippen LogP contribution in [0, 0.1) is 12.8 Å². The van der Waals surface area contributed by atoms with Gasteiger partial charge in [-0.05, 0) is 68.9 Å². The second-order valence-corrected chi connectivity index (χ2v) is 10.6. The van der Waals surface area contributed by atoms with Crippen molar-refractivity contribution in [2.75, 3.05) is 0 Å². The number of aromatic nitrogens is 1. The number of amides is 1. The van der Waals surface area contributed by atoms with Crippen molar-refractivity contribution < 1.29 is 24.2 Å². The Labute approximate surface area is 219 Å². The zero-order valence-corrected chi connectivity index (χ0v) is 21.8. The van der Waals surface area contributed by atoms with Gasteiger partial charge in [-0.3, -0.25) is 4.79 Å². The zero-order valence-electron chi connectivity index (χ0n) is 20.2. The molecule has 1 aromatic carbocycles. The smallest absolute Gasteiger partial charge is 0.408 e. The zero-order chi connectivity index (χ0) is 25.7. The van der Waals surface area contributed by atoms with Gasteiger partial charge in [0.25, 0.3) is 0 Å². The first kappa shape index (κ1) is 26.0. The summed E-state index contributed by atoms with van der Waals surface area (Å²) in [6.07, 6.45) is 1.85. The second kappa shape index (κ2) is 11.8. The number of aryl methyl sites for hydroxylation is 1. The highest BCUT2D eigenvalue weighted by Crippen LogP contribution is 2.36. The van der Waals surface area contributed by atoms with Crippen molar-refractivity contribution in [3.05, 3.63) is 69.7 Å². The molecule has 0 unspecified atom stereocenters. The summed E-state index contributed by atoms with van der Waals surface area (Å²) in [4.78, 5) is 29.3. The van der Waals surface area contributed by atoms with Crippen LogP contribution < -0.4 is 10.1 Å². The van der Waals surface area contributed by atoms with E-state index in [-0.39, 0.29) is 24.7 Å². The molecule has 190 valence electrons. The van der Waals surface area contributed by atoms with E-state index in [1.165, 1.54) is 11.3 Å². The fourth-order valence-electron chi connectivity index (χ4n) is 4.36. The molecule has 9 heteroatoms. The number of benzene rings is 1. The minimum absolute atomic E-state index is 0.133. The Kier molecular flexibility index (Phi) is 8.48. The van der Waals surface area contributed by atoms with E-state index in [9.17, 15) is 14.7 Å². The monoisotopic (exact) mass is 528 g/mol. The number of carboxylic acids is 1. The maximum atomic E-state index is 12.4. The van der Waals surface area contributed by atoms with E-state index in [1.54, 1.807) is 0 Å². The van der Waals surface area contributed by atoms with Gasteiger partial charge in [0.2, 0.25) is 0 Å². The highest BCUT2D eigenvalue weighted by Gasteiger charge is 2.28. The molecule has 7 nitrogen and oxygen atoms in total. The van der Waals surface area contributed by atoms with Crippen LogP contribution in [0.5, 0.6) is 5.75 Å². The summed E-state index contributed by atoms with van der Waals surface area (Å²) in [5.41, 5.74) is 3.20. The predicted octanol–water partition coefficient (Wildman–Crippen LogP) is 6.78. The fourth-order valence-corrected chi connectivity index (χ4v) is 5.60. The Morgan fingerprint density at radius 1 is 1.22 bits per heavy atom. The van der Waals surface area contributed by atoms with Crippen LogP contribution in [0.15, 0.2) is 48.5 Å². The Morgan fingerprint density at radius 2 is 2.00 bits per heavy atom. The second-order valence-electron chi connectivity index (χ2n) is 8.94. The van der Waals surface area contributed by atoms with E-state index in [4.69, 9.17) is 26.1 Å². The van der Waals surface area contributed by atoms with Crippen LogP contribution in [0.4, 0.5) is 4.79 Å². The average Bonchev–Trinajstić information content (AvgIpc) is 3.25. The number of carbonyl (C=O) groups is 2. The molecule has 36 heavy (non-hydrogen) atoms. The van der Waals surface area contributed by atoms with Gasteiger partial charge < -0.3 is 19.9 Å². The van der Waals surface area contributed by atoms with E-state index in [0.717, 1.165) is 34.5 Å². The van der Waals surface area contributed by atoms with Crippen molar-refractivity contribution in [2.45, 2.75) is 58.3 Å². The van der Waals surface area contributed by atoms with Crippen molar-refractivity contribution in [1.29, 1.82) is 0 Å². The molecule has 0 aliphatic heterocycles. The number of hydrogen-bond acceptors (Lipinski definition) is 6. The van der Waals surface area contributed by atoms with Gasteiger partial charge in [-0.15, -0.1) is 11.3 Å². The summed E-state index contributed by atoms with van der Waals surface area (Å²) in [5, 5.41) is 12.1. The summed E-state index contributed by atoms with van der Waals surface area (Å²) in [5.74, 6) is -0.472. The van der Waals surface area contributed by atoms with Crippen LogP contribution in [0.2, 0.25) is 4.34 Å². The third-order valence-corrected chi connectivity index (χ3v) is 7.62. The molecular weight excluding hydrogens is 500 g/mol. The lowest BCUT2D eigenvalue weighted by Crippen LogP contribution is -2.29. The maximum absolute atomic E-state index is 12.4. The minimum atomic E-state index is -0.761. The molecule has 0 bridgehead atoms. The first-order valence-corrected chi connectivity index (χ1v) is 13.1. The van der Waals surface area contributed by atoms with Crippen LogP contribution in [0.1, 0.15) is 55.5 Å². The largest absolute Gasteiger partial charge is 0.489 e. The number of ether oxygens (including phenoxy) is 2. The van der Waals surface area contributed by atoms with Crippen LogP contribution in [0.3, 0.4) is 0 Å². The lowest BCUT2D eigenvalue weighted by atomic mass is 9.87. The summed E-state index contributed by atoms with van der Waals surface area (Å²) in [7, 11) is 0. The number of nitrogens with zero attached hydrogens (tertiary/aromatic N) is 1. The van der Waals surface area contributed by atoms with Gasteiger partial charge in [0.1, 0.15) is 11.9 Å². The fraction of sp³-hybridized carbons (Fsp3) is 0.370. The molecule has 3 atom stereocenters. The molecule has 1 fully saturated rings. The molecule has 0 saturated heterocycles. The molecule has 2 heterocycles. The number of rotatable bonds is 8. The number of halogens is 1. The van der Waals surface area contributed by atoms with Crippen LogP contribution in [0.25, 0.3) is 10.6 Å². The van der Waals surface area contributed by atoms with E-state index in [0.29, 0.717) is 28.6 Å². The third-order valence-electron chi connectivity index (χ3n) is 6.29. The molecule has 1 aliphatic carbocycles. The number of carboxylic acid groups (broad SMARTS) is 1. The normalized spacial score (nSPS) is 18.3. The van der Waals surface area contributed by atoms with Crippen LogP contribution >= 0.6 is 22.9 Å². The van der Waals surface area contributed by atoms with Crippen molar-refractivity contribution >= 4 is 35.0 Å². The van der Waals surface area contributed by atoms with E-state index < -0.39 is 12.1 Å². The Bertz CT molecular complexity index is 1220. The summed E-state index contributed by atoms with van der Waals surface area (Å²) in [6, 6.07) is 15.1. The summed E-state index contributed by atoms with van der Waals surface area (Å²) >= 11 is 7.70. The molecule has 3 aromatic rings. The number of thiophene rings is 1. The first-order valence-electron chi connectivity index (χ1n) is 11.9. The number of hydrogen-bond donors (Lipinski definition) is 2. The maximum Gasteiger partial charge on any atom is 0.408 e. The minimum Gasteiger partial charge on any atom is -0.489 e. The van der Waals surface area contributed by atoms with Gasteiger partial charge in [-0.2, -0.15) is 0 Å². The molecule has 4 rings (SSSR count). The van der Waals surface area contributed by atoms with Crippen molar-refractivity contribution in [3.63, 3.8) is 0 Å². The summed E-state index contributed by atoms with van der Waals surface area (Å²) in [6.45, 7) is 3.94. The van der Waals surface area contributed by atoms with Gasteiger partial charge in [-0.25, -0.2) is 9.78 Å². The number of nitrogens with one attached hydrogen (secondary N) is 1. The lowest BCUT2D eigenvalue weighted by Gasteiger charge is -2.27. The Hall–Kier alpha value is -3.10. The first-order chi connectivity index (χ1) is 17.3. The quantitative estimate of drug-likeness (QED) is 0.334. The van der Waals surface area contributed by atoms with Gasteiger partial charge in [-0.1, -0.05) is 41.9 Å². The Balaban J connectivity index is 1.40.